The average Bonchev–Trinajstić information content (AvgIpc) is 2.61. The second-order valence-corrected chi connectivity index (χ2v) is 6.15. The zero-order chi connectivity index (χ0) is 18.7. The molecule has 1 aliphatic heterocycles. The molecule has 0 aliphatic carbocycles. The number of carbonyl (C=O) groups excluding carboxylic acids is 1. The van der Waals surface area contributed by atoms with Gasteiger partial charge in [0.1, 0.15) is 11.6 Å². The molecule has 0 fully saturated rings. The lowest BCUT2D eigenvalue weighted by Crippen LogP contribution is -2.46. The number of halogens is 1. The van der Waals surface area contributed by atoms with E-state index in [0.29, 0.717) is 33.4 Å². The Morgan fingerprint density at radius 3 is 2.62 bits per heavy atom. The second kappa shape index (κ2) is 7.53. The summed E-state index contributed by atoms with van der Waals surface area (Å²) in [6.07, 6.45) is 0. The van der Waals surface area contributed by atoms with Gasteiger partial charge in [0.2, 0.25) is 0 Å². The van der Waals surface area contributed by atoms with Crippen LogP contribution < -0.4 is 20.7 Å². The van der Waals surface area contributed by atoms with E-state index >= 15 is 0 Å². The van der Waals surface area contributed by atoms with Crippen LogP contribution in [0.15, 0.2) is 59.8 Å². The molecule has 0 radical (unpaired) electrons. The zero-order valence-electron chi connectivity index (χ0n) is 14.3. The molecule has 1 atom stereocenters. The van der Waals surface area contributed by atoms with Crippen LogP contribution >= 0.6 is 12.2 Å². The molecule has 0 bridgehead atoms. The maximum absolute atomic E-state index is 14.3. The smallest absolute Gasteiger partial charge is 0.255 e. The van der Waals surface area contributed by atoms with Crippen LogP contribution in [-0.4, -0.2) is 18.1 Å². The van der Waals surface area contributed by atoms with Crippen molar-refractivity contribution in [1.29, 1.82) is 0 Å². The SMILES string of the molecule is COc1ccccc1NC(=O)C1=C(C)NC(=S)N[C@H]1c1ccccc1F. The first-order valence-corrected chi connectivity index (χ1v) is 8.39. The van der Waals surface area contributed by atoms with Crippen LogP contribution in [-0.2, 0) is 4.79 Å². The molecule has 0 unspecified atom stereocenters. The van der Waals surface area contributed by atoms with Gasteiger partial charge in [-0.25, -0.2) is 4.39 Å². The standard InChI is InChI=1S/C19H18FN3O2S/c1-11-16(18(24)22-14-9-5-6-10-15(14)25-2)17(23-19(26)21-11)12-7-3-4-8-13(12)20/h3-10,17H,1-2H3,(H,22,24)(H2,21,23,26)/t17-/m0/s1. The Bertz CT molecular complexity index is 898. The topological polar surface area (TPSA) is 62.4 Å². The summed E-state index contributed by atoms with van der Waals surface area (Å²) in [5.74, 6) is -0.248. The minimum Gasteiger partial charge on any atom is -0.495 e. The van der Waals surface area contributed by atoms with Crippen molar-refractivity contribution < 1.29 is 13.9 Å². The number of nitrogens with one attached hydrogen (secondary N) is 3. The summed E-state index contributed by atoms with van der Waals surface area (Å²) in [6, 6.07) is 12.7. The fourth-order valence-corrected chi connectivity index (χ4v) is 3.15. The highest BCUT2D eigenvalue weighted by atomic mass is 32.1. The van der Waals surface area contributed by atoms with E-state index in [0.717, 1.165) is 0 Å². The summed E-state index contributed by atoms with van der Waals surface area (Å²) >= 11 is 5.18. The lowest BCUT2D eigenvalue weighted by molar-refractivity contribution is -0.113. The summed E-state index contributed by atoms with van der Waals surface area (Å²) in [4.78, 5) is 13.0. The molecular formula is C19H18FN3O2S. The third kappa shape index (κ3) is 3.52. The van der Waals surface area contributed by atoms with Crippen molar-refractivity contribution in [2.75, 3.05) is 12.4 Å². The van der Waals surface area contributed by atoms with Crippen LogP contribution in [0.4, 0.5) is 10.1 Å². The fraction of sp³-hybridized carbons (Fsp3) is 0.158. The Morgan fingerprint density at radius 2 is 1.88 bits per heavy atom. The van der Waals surface area contributed by atoms with Gasteiger partial charge in [0.05, 0.1) is 24.4 Å². The van der Waals surface area contributed by atoms with Crippen molar-refractivity contribution in [2.24, 2.45) is 0 Å². The van der Waals surface area contributed by atoms with Crippen LogP contribution in [0.5, 0.6) is 5.75 Å². The number of amides is 1. The number of methoxy groups -OCH3 is 1. The number of ether oxygens (including phenoxy) is 1. The molecule has 3 N–H and O–H groups in total. The average molecular weight is 371 g/mol. The minimum atomic E-state index is -0.695. The number of benzene rings is 2. The molecule has 1 amide bonds. The first-order chi connectivity index (χ1) is 12.5. The highest BCUT2D eigenvalue weighted by Gasteiger charge is 2.31. The van der Waals surface area contributed by atoms with Crippen LogP contribution in [0.1, 0.15) is 18.5 Å². The summed E-state index contributed by atoms with van der Waals surface area (Å²) in [5.41, 5.74) is 1.80. The third-order valence-electron chi connectivity index (χ3n) is 4.09. The van der Waals surface area contributed by atoms with Crippen LogP contribution in [0, 0.1) is 5.82 Å². The number of anilines is 1. The first kappa shape index (κ1) is 17.9. The van der Waals surface area contributed by atoms with E-state index < -0.39 is 11.9 Å². The Morgan fingerprint density at radius 1 is 1.19 bits per heavy atom. The van der Waals surface area contributed by atoms with E-state index in [2.05, 4.69) is 16.0 Å². The number of hydrogen-bond donors (Lipinski definition) is 3. The van der Waals surface area contributed by atoms with Gasteiger partial charge in [-0.1, -0.05) is 30.3 Å². The van der Waals surface area contributed by atoms with Gasteiger partial charge in [-0.05, 0) is 37.3 Å². The summed E-state index contributed by atoms with van der Waals surface area (Å²) in [7, 11) is 1.53. The van der Waals surface area contributed by atoms with Gasteiger partial charge in [0, 0.05) is 11.3 Å². The van der Waals surface area contributed by atoms with Crippen molar-refractivity contribution in [3.8, 4) is 5.75 Å². The Balaban J connectivity index is 1.99. The van der Waals surface area contributed by atoms with Gasteiger partial charge in [-0.15, -0.1) is 0 Å². The van der Waals surface area contributed by atoms with Crippen LogP contribution in [0.3, 0.4) is 0 Å². The summed E-state index contributed by atoms with van der Waals surface area (Å²) in [5, 5.41) is 9.07. The van der Waals surface area contributed by atoms with Gasteiger partial charge in [-0.2, -0.15) is 0 Å². The molecule has 0 spiro atoms. The molecule has 0 aromatic heterocycles. The van der Waals surface area contributed by atoms with Crippen molar-refractivity contribution in [1.82, 2.24) is 10.6 Å². The minimum absolute atomic E-state index is 0.338. The summed E-state index contributed by atoms with van der Waals surface area (Å²) < 4.78 is 19.6. The van der Waals surface area contributed by atoms with E-state index in [1.165, 1.54) is 13.2 Å². The third-order valence-corrected chi connectivity index (χ3v) is 4.31. The highest BCUT2D eigenvalue weighted by Crippen LogP contribution is 2.31. The Labute approximate surface area is 156 Å². The van der Waals surface area contributed by atoms with E-state index in [-0.39, 0.29) is 5.91 Å². The zero-order valence-corrected chi connectivity index (χ0v) is 15.1. The highest BCUT2D eigenvalue weighted by molar-refractivity contribution is 7.80. The molecule has 5 nitrogen and oxygen atoms in total. The van der Waals surface area contributed by atoms with Gasteiger partial charge in [0.25, 0.3) is 5.91 Å². The van der Waals surface area contributed by atoms with E-state index in [1.54, 1.807) is 43.3 Å². The molecule has 2 aromatic rings. The number of carbonyl (C=O) groups is 1. The fourth-order valence-electron chi connectivity index (χ4n) is 2.87. The van der Waals surface area contributed by atoms with E-state index in [9.17, 15) is 9.18 Å². The van der Waals surface area contributed by atoms with Gasteiger partial charge >= 0.3 is 0 Å². The van der Waals surface area contributed by atoms with Crippen LogP contribution in [0.25, 0.3) is 0 Å². The first-order valence-electron chi connectivity index (χ1n) is 7.98. The summed E-state index contributed by atoms with van der Waals surface area (Å²) in [6.45, 7) is 1.73. The number of rotatable bonds is 4. The molecule has 7 heteroatoms. The lowest BCUT2D eigenvalue weighted by Gasteiger charge is -2.30. The van der Waals surface area contributed by atoms with E-state index in [1.807, 2.05) is 6.07 Å². The molecule has 0 saturated carbocycles. The number of thiocarbonyl (C=S) groups is 1. The maximum atomic E-state index is 14.3. The van der Waals surface area contributed by atoms with E-state index in [4.69, 9.17) is 17.0 Å². The predicted octanol–water partition coefficient (Wildman–Crippen LogP) is 3.27. The van der Waals surface area contributed by atoms with Gasteiger partial charge in [-0.3, -0.25) is 4.79 Å². The molecular weight excluding hydrogens is 353 g/mol. The Hall–Kier alpha value is -2.93. The number of allylic oxidation sites excluding steroid dienone is 1. The molecule has 0 saturated heterocycles. The Kier molecular flexibility index (Phi) is 5.18. The second-order valence-electron chi connectivity index (χ2n) is 5.75. The van der Waals surface area contributed by atoms with Gasteiger partial charge in [0.15, 0.2) is 5.11 Å². The largest absolute Gasteiger partial charge is 0.495 e. The molecule has 3 rings (SSSR count). The predicted molar refractivity (Wildman–Crippen MR) is 102 cm³/mol. The lowest BCUT2D eigenvalue weighted by atomic mass is 9.94. The van der Waals surface area contributed by atoms with Gasteiger partial charge < -0.3 is 20.7 Å². The monoisotopic (exact) mass is 371 g/mol. The number of para-hydroxylation sites is 2. The molecule has 2 aromatic carbocycles. The van der Waals surface area contributed by atoms with Crippen molar-refractivity contribution in [3.05, 3.63) is 71.2 Å². The normalized spacial score (nSPS) is 16.6. The molecule has 1 heterocycles. The van der Waals surface area contributed by atoms with Crippen molar-refractivity contribution in [2.45, 2.75) is 13.0 Å². The quantitative estimate of drug-likeness (QED) is 0.720. The number of hydrogen-bond acceptors (Lipinski definition) is 3. The molecule has 26 heavy (non-hydrogen) atoms. The molecule has 1 aliphatic rings. The van der Waals surface area contributed by atoms with Crippen LogP contribution in [0.2, 0.25) is 0 Å². The maximum Gasteiger partial charge on any atom is 0.255 e. The molecule has 134 valence electrons. The van der Waals surface area contributed by atoms with Crippen molar-refractivity contribution in [3.63, 3.8) is 0 Å². The van der Waals surface area contributed by atoms with Crippen molar-refractivity contribution >= 4 is 28.9 Å².